The van der Waals surface area contributed by atoms with Crippen molar-refractivity contribution in [1.29, 1.82) is 0 Å². The summed E-state index contributed by atoms with van der Waals surface area (Å²) in [6.45, 7) is 2.03. The number of carbonyl (C=O) groups is 1. The summed E-state index contributed by atoms with van der Waals surface area (Å²) < 4.78 is 12.8. The van der Waals surface area contributed by atoms with E-state index >= 15 is 0 Å². The number of ether oxygens (including phenoxy) is 2. The van der Waals surface area contributed by atoms with E-state index in [-0.39, 0.29) is 25.0 Å². The molecule has 0 saturated heterocycles. The second-order valence-electron chi connectivity index (χ2n) is 6.98. The van der Waals surface area contributed by atoms with Gasteiger partial charge < -0.3 is 34.7 Å². The van der Waals surface area contributed by atoms with Crippen LogP contribution in [-0.2, 0) is 6.54 Å². The molecule has 0 aliphatic carbocycles. The van der Waals surface area contributed by atoms with Gasteiger partial charge in [0.25, 0.3) is 5.91 Å². The summed E-state index contributed by atoms with van der Waals surface area (Å²) in [6.07, 6.45) is -1.03. The topological polar surface area (TPSA) is 113 Å². The number of aromatic hydroxyl groups is 1. The van der Waals surface area contributed by atoms with E-state index in [1.54, 1.807) is 18.2 Å². The SMILES string of the molecule is Cc1c(C(=O)NCC(O)CO)c2cc(O)ccc2n1Cc1ccc2c(c1)OCO2. The number of carbonyl (C=O) groups excluding carboxylic acids is 1. The minimum absolute atomic E-state index is 0.0576. The van der Waals surface area contributed by atoms with Crippen molar-refractivity contribution in [2.75, 3.05) is 19.9 Å². The summed E-state index contributed by atoms with van der Waals surface area (Å²) in [5, 5.41) is 31.7. The lowest BCUT2D eigenvalue weighted by molar-refractivity contribution is 0.0802. The Morgan fingerprint density at radius 2 is 2.00 bits per heavy atom. The first-order valence-corrected chi connectivity index (χ1v) is 9.25. The third kappa shape index (κ3) is 3.59. The van der Waals surface area contributed by atoms with E-state index in [9.17, 15) is 15.0 Å². The van der Waals surface area contributed by atoms with Gasteiger partial charge in [0.2, 0.25) is 6.79 Å². The lowest BCUT2D eigenvalue weighted by Gasteiger charge is -2.11. The summed E-state index contributed by atoms with van der Waals surface area (Å²) in [5.41, 5.74) is 2.91. The van der Waals surface area contributed by atoms with E-state index < -0.39 is 12.7 Å². The molecular weight excluding hydrogens is 376 g/mol. The number of aliphatic hydroxyl groups is 2. The summed E-state index contributed by atoms with van der Waals surface area (Å²) >= 11 is 0. The molecule has 0 saturated carbocycles. The van der Waals surface area contributed by atoms with Crippen LogP contribution in [0.3, 0.4) is 0 Å². The van der Waals surface area contributed by atoms with Gasteiger partial charge in [-0.1, -0.05) is 6.07 Å². The maximum absolute atomic E-state index is 12.8. The number of nitrogens with zero attached hydrogens (tertiary/aromatic N) is 1. The Balaban J connectivity index is 1.72. The number of aromatic nitrogens is 1. The van der Waals surface area contributed by atoms with Crippen LogP contribution >= 0.6 is 0 Å². The highest BCUT2D eigenvalue weighted by atomic mass is 16.7. The lowest BCUT2D eigenvalue weighted by Crippen LogP contribution is -2.34. The van der Waals surface area contributed by atoms with Crippen LogP contribution in [0.1, 0.15) is 21.6 Å². The number of fused-ring (bicyclic) bond motifs is 2. The second-order valence-corrected chi connectivity index (χ2v) is 6.98. The van der Waals surface area contributed by atoms with Crippen LogP contribution in [0.5, 0.6) is 17.2 Å². The molecule has 0 radical (unpaired) electrons. The molecule has 0 fully saturated rings. The number of aliphatic hydroxyl groups excluding tert-OH is 2. The van der Waals surface area contributed by atoms with Gasteiger partial charge in [-0.15, -0.1) is 0 Å². The molecule has 4 N–H and O–H groups in total. The molecule has 1 aliphatic heterocycles. The number of hydrogen-bond donors (Lipinski definition) is 4. The van der Waals surface area contributed by atoms with E-state index in [1.807, 2.05) is 29.7 Å². The van der Waals surface area contributed by atoms with Gasteiger partial charge in [-0.05, 0) is 42.8 Å². The Labute approximate surface area is 166 Å². The van der Waals surface area contributed by atoms with Crippen LogP contribution in [0.4, 0.5) is 0 Å². The molecule has 2 heterocycles. The fourth-order valence-corrected chi connectivity index (χ4v) is 3.55. The zero-order chi connectivity index (χ0) is 20.5. The molecule has 1 aliphatic rings. The number of hydrogen-bond acceptors (Lipinski definition) is 6. The number of nitrogens with one attached hydrogen (secondary N) is 1. The van der Waals surface area contributed by atoms with Gasteiger partial charge in [0.05, 0.1) is 18.3 Å². The van der Waals surface area contributed by atoms with Crippen molar-refractivity contribution in [3.63, 3.8) is 0 Å². The maximum atomic E-state index is 12.8. The highest BCUT2D eigenvalue weighted by molar-refractivity contribution is 6.08. The van der Waals surface area contributed by atoms with Gasteiger partial charge in [-0.2, -0.15) is 0 Å². The van der Waals surface area contributed by atoms with Crippen molar-refractivity contribution in [3.8, 4) is 17.2 Å². The quantitative estimate of drug-likeness (QED) is 0.501. The third-order valence-electron chi connectivity index (χ3n) is 5.02. The van der Waals surface area contributed by atoms with Crippen LogP contribution in [0.15, 0.2) is 36.4 Å². The lowest BCUT2D eigenvalue weighted by atomic mass is 10.1. The zero-order valence-corrected chi connectivity index (χ0v) is 15.9. The molecular formula is C21H22N2O6. The van der Waals surface area contributed by atoms with Crippen LogP contribution < -0.4 is 14.8 Å². The monoisotopic (exact) mass is 398 g/mol. The van der Waals surface area contributed by atoms with Crippen LogP contribution in [0, 0.1) is 6.92 Å². The van der Waals surface area contributed by atoms with Crippen LogP contribution in [0.2, 0.25) is 0 Å². The molecule has 29 heavy (non-hydrogen) atoms. The summed E-state index contributed by atoms with van der Waals surface area (Å²) in [4.78, 5) is 12.8. The van der Waals surface area contributed by atoms with Crippen molar-refractivity contribution in [2.45, 2.75) is 19.6 Å². The number of phenolic OH excluding ortho intramolecular Hbond substituents is 1. The van der Waals surface area contributed by atoms with Crippen molar-refractivity contribution in [2.24, 2.45) is 0 Å². The van der Waals surface area contributed by atoms with Gasteiger partial charge in [0.15, 0.2) is 11.5 Å². The molecule has 1 amide bonds. The predicted molar refractivity (Wildman–Crippen MR) is 105 cm³/mol. The largest absolute Gasteiger partial charge is 0.508 e. The summed E-state index contributed by atoms with van der Waals surface area (Å²) in [5.74, 6) is 1.07. The fourth-order valence-electron chi connectivity index (χ4n) is 3.55. The van der Waals surface area contributed by atoms with Gasteiger partial charge in [0, 0.05) is 29.7 Å². The fraction of sp³-hybridized carbons (Fsp3) is 0.286. The highest BCUT2D eigenvalue weighted by Gasteiger charge is 2.22. The van der Waals surface area contributed by atoms with E-state index in [4.69, 9.17) is 14.6 Å². The molecule has 8 heteroatoms. The highest BCUT2D eigenvalue weighted by Crippen LogP contribution is 2.34. The number of amides is 1. The third-order valence-corrected chi connectivity index (χ3v) is 5.02. The molecule has 3 aromatic rings. The predicted octanol–water partition coefficient (Wildman–Crippen LogP) is 1.52. The van der Waals surface area contributed by atoms with Crippen LogP contribution in [0.25, 0.3) is 10.9 Å². The van der Waals surface area contributed by atoms with E-state index in [0.29, 0.717) is 29.0 Å². The average Bonchev–Trinajstić information content (AvgIpc) is 3.28. The molecule has 152 valence electrons. The van der Waals surface area contributed by atoms with Crippen molar-refractivity contribution in [3.05, 3.63) is 53.2 Å². The molecule has 4 rings (SSSR count). The Morgan fingerprint density at radius 1 is 1.21 bits per heavy atom. The van der Waals surface area contributed by atoms with E-state index in [1.165, 1.54) is 0 Å². The Bertz CT molecular complexity index is 1070. The van der Waals surface area contributed by atoms with Crippen LogP contribution in [-0.4, -0.2) is 51.8 Å². The van der Waals surface area contributed by atoms with E-state index in [2.05, 4.69) is 5.32 Å². The van der Waals surface area contributed by atoms with E-state index in [0.717, 1.165) is 16.8 Å². The minimum atomic E-state index is -1.03. The van der Waals surface area contributed by atoms with Crippen molar-refractivity contribution >= 4 is 16.8 Å². The zero-order valence-electron chi connectivity index (χ0n) is 15.9. The smallest absolute Gasteiger partial charge is 0.253 e. The Hall–Kier alpha value is -3.23. The number of phenols is 1. The van der Waals surface area contributed by atoms with Crippen molar-refractivity contribution < 1.29 is 29.6 Å². The molecule has 0 spiro atoms. The molecule has 2 aromatic carbocycles. The van der Waals surface area contributed by atoms with Gasteiger partial charge in [-0.25, -0.2) is 0 Å². The van der Waals surface area contributed by atoms with Crippen molar-refractivity contribution in [1.82, 2.24) is 9.88 Å². The summed E-state index contributed by atoms with van der Waals surface area (Å²) in [7, 11) is 0. The molecule has 0 bridgehead atoms. The minimum Gasteiger partial charge on any atom is -0.508 e. The number of rotatable bonds is 6. The first-order chi connectivity index (χ1) is 14.0. The summed E-state index contributed by atoms with van der Waals surface area (Å²) in [6, 6.07) is 10.6. The Kier molecular flexibility index (Phi) is 5.04. The second kappa shape index (κ2) is 7.65. The average molecular weight is 398 g/mol. The van der Waals surface area contributed by atoms with Gasteiger partial charge >= 0.3 is 0 Å². The first kappa shape index (κ1) is 19.1. The normalized spacial score (nSPS) is 13.6. The molecule has 1 aromatic heterocycles. The first-order valence-electron chi connectivity index (χ1n) is 9.25. The number of benzene rings is 2. The standard InChI is InChI=1S/C21H22N2O6/c1-12-20(21(27)22-8-15(26)10-24)16-7-14(25)3-4-17(16)23(12)9-13-2-5-18-19(6-13)29-11-28-18/h2-7,15,24-26H,8-11H2,1H3,(H,22,27). The molecule has 8 nitrogen and oxygen atoms in total. The van der Waals surface area contributed by atoms with Gasteiger partial charge in [-0.3, -0.25) is 4.79 Å². The maximum Gasteiger partial charge on any atom is 0.253 e. The molecule has 1 unspecified atom stereocenters. The van der Waals surface area contributed by atoms with Gasteiger partial charge in [0.1, 0.15) is 5.75 Å². The molecule has 1 atom stereocenters. The Morgan fingerprint density at radius 3 is 2.79 bits per heavy atom.